The maximum atomic E-state index is 13.2. The molecule has 2 N–H and O–H groups in total. The Balaban J connectivity index is 1.38. The van der Waals surface area contributed by atoms with Crippen molar-refractivity contribution >= 4 is 23.4 Å². The van der Waals surface area contributed by atoms with E-state index in [1.807, 2.05) is 0 Å². The number of benzene rings is 2. The van der Waals surface area contributed by atoms with Crippen LogP contribution in [0.2, 0.25) is 5.02 Å². The van der Waals surface area contributed by atoms with Crippen molar-refractivity contribution in [1.29, 1.82) is 0 Å². The molecule has 0 saturated heterocycles. The lowest BCUT2D eigenvalue weighted by atomic mass is 10.1. The molecule has 1 amide bonds. The zero-order valence-corrected chi connectivity index (χ0v) is 22.3. The number of H-pyrrole nitrogens is 1. The summed E-state index contributed by atoms with van der Waals surface area (Å²) in [6.07, 6.45) is 2.06. The molecule has 0 saturated carbocycles. The number of imidazole rings is 1. The molecule has 204 valence electrons. The fourth-order valence-electron chi connectivity index (χ4n) is 4.21. The van der Waals surface area contributed by atoms with Gasteiger partial charge < -0.3 is 14.8 Å². The van der Waals surface area contributed by atoms with E-state index < -0.39 is 6.09 Å². The number of hydrogen-bond donors (Lipinski definition) is 2. The van der Waals surface area contributed by atoms with Gasteiger partial charge in [-0.3, -0.25) is 14.3 Å². The molecule has 2 aromatic carbocycles. The molecule has 13 nitrogen and oxygen atoms in total. The fourth-order valence-corrected chi connectivity index (χ4v) is 4.39. The zero-order chi connectivity index (χ0) is 28.2. The molecule has 0 radical (unpaired) electrons. The largest absolute Gasteiger partial charge is 0.465 e. The molecule has 5 rings (SSSR count). The van der Waals surface area contributed by atoms with Gasteiger partial charge in [0, 0.05) is 29.4 Å². The van der Waals surface area contributed by atoms with Crippen LogP contribution in [0.1, 0.15) is 11.6 Å². The van der Waals surface area contributed by atoms with E-state index in [9.17, 15) is 14.7 Å². The molecule has 0 unspecified atom stereocenters. The summed E-state index contributed by atoms with van der Waals surface area (Å²) < 4.78 is 7.99. The lowest BCUT2D eigenvalue weighted by Crippen LogP contribution is -2.32. The first-order valence-electron chi connectivity index (χ1n) is 12.1. The van der Waals surface area contributed by atoms with Gasteiger partial charge >= 0.3 is 6.09 Å². The number of aromatic amines is 1. The first kappa shape index (κ1) is 26.7. The highest BCUT2D eigenvalue weighted by molar-refractivity contribution is 6.31. The normalized spacial score (nSPS) is 11.1. The Morgan fingerprint density at radius 2 is 1.98 bits per heavy atom. The number of carboxylic acid groups (broad SMARTS) is 1. The highest BCUT2D eigenvalue weighted by atomic mass is 35.5. The molecule has 0 spiro atoms. The van der Waals surface area contributed by atoms with Crippen LogP contribution in [0, 0.1) is 6.92 Å². The average Bonchev–Trinajstić information content (AvgIpc) is 3.64. The smallest absolute Gasteiger partial charge is 0.411 e. The number of nitrogens with zero attached hydrogens (tertiary/aromatic N) is 8. The number of tetrazole rings is 1. The van der Waals surface area contributed by atoms with Crippen molar-refractivity contribution in [2.24, 2.45) is 0 Å². The number of aryl methyl sites for hydroxylation is 1. The Bertz CT molecular complexity index is 1700. The van der Waals surface area contributed by atoms with Crippen molar-refractivity contribution in [3.05, 3.63) is 88.1 Å². The number of nitrogens with one attached hydrogen (secondary N) is 1. The highest BCUT2D eigenvalue weighted by Crippen LogP contribution is 2.28. The number of halogens is 1. The second kappa shape index (κ2) is 11.5. The van der Waals surface area contributed by atoms with Crippen LogP contribution in [0.25, 0.3) is 28.2 Å². The molecular formula is C26H24ClN9O4. The highest BCUT2D eigenvalue weighted by Gasteiger charge is 2.16. The van der Waals surface area contributed by atoms with Gasteiger partial charge in [-0.2, -0.15) is 4.68 Å². The molecule has 5 aromatic rings. The first-order chi connectivity index (χ1) is 19.3. The van der Waals surface area contributed by atoms with E-state index in [0.717, 1.165) is 11.3 Å². The number of aromatic nitrogens is 8. The van der Waals surface area contributed by atoms with Crippen molar-refractivity contribution in [2.45, 2.75) is 13.5 Å². The van der Waals surface area contributed by atoms with Crippen LogP contribution >= 0.6 is 11.6 Å². The maximum Gasteiger partial charge on any atom is 0.411 e. The number of hydrogen-bond acceptors (Lipinski definition) is 8. The van der Waals surface area contributed by atoms with Crippen LogP contribution < -0.4 is 10.5 Å². The van der Waals surface area contributed by atoms with Gasteiger partial charge in [0.15, 0.2) is 0 Å². The molecular weight excluding hydrogens is 538 g/mol. The number of carbonyl (C=O) groups is 1. The second-order valence-corrected chi connectivity index (χ2v) is 9.18. The third-order valence-corrected chi connectivity index (χ3v) is 6.44. The summed E-state index contributed by atoms with van der Waals surface area (Å²) in [5, 5.41) is 21.3. The fraction of sp³-hybridized carbons (Fsp3) is 0.192. The average molecular weight is 562 g/mol. The molecule has 40 heavy (non-hydrogen) atoms. The minimum Gasteiger partial charge on any atom is -0.465 e. The first-order valence-corrected chi connectivity index (χ1v) is 12.5. The third-order valence-electron chi connectivity index (χ3n) is 6.21. The molecule has 3 aromatic heterocycles. The van der Waals surface area contributed by atoms with Gasteiger partial charge in [-0.25, -0.2) is 14.8 Å². The van der Waals surface area contributed by atoms with Crippen LogP contribution in [-0.2, 0) is 11.3 Å². The van der Waals surface area contributed by atoms with E-state index in [1.165, 1.54) is 33.7 Å². The molecule has 0 aliphatic carbocycles. The molecule has 3 heterocycles. The van der Waals surface area contributed by atoms with E-state index in [4.69, 9.17) is 16.3 Å². The van der Waals surface area contributed by atoms with E-state index in [2.05, 4.69) is 30.5 Å². The summed E-state index contributed by atoms with van der Waals surface area (Å²) in [7, 11) is 1.52. The van der Waals surface area contributed by atoms with Crippen molar-refractivity contribution in [2.75, 3.05) is 25.2 Å². The Morgan fingerprint density at radius 3 is 2.65 bits per heavy atom. The third kappa shape index (κ3) is 5.60. The Morgan fingerprint density at radius 1 is 1.18 bits per heavy atom. The molecule has 14 heteroatoms. The van der Waals surface area contributed by atoms with Crippen molar-refractivity contribution in [1.82, 2.24) is 39.7 Å². The van der Waals surface area contributed by atoms with Crippen LogP contribution in [0.15, 0.2) is 65.8 Å². The van der Waals surface area contributed by atoms with E-state index in [0.29, 0.717) is 39.3 Å². The number of amides is 1. The van der Waals surface area contributed by atoms with Crippen molar-refractivity contribution in [3.8, 4) is 28.2 Å². The summed E-state index contributed by atoms with van der Waals surface area (Å²) in [4.78, 5) is 38.3. The van der Waals surface area contributed by atoms with Gasteiger partial charge in [-0.15, -0.1) is 5.10 Å². The second-order valence-electron chi connectivity index (χ2n) is 8.75. The van der Waals surface area contributed by atoms with Gasteiger partial charge in [0.2, 0.25) is 0 Å². The van der Waals surface area contributed by atoms with E-state index >= 15 is 0 Å². The Labute approximate surface area is 232 Å². The predicted molar refractivity (Wildman–Crippen MR) is 147 cm³/mol. The van der Waals surface area contributed by atoms with Gasteiger partial charge in [0.1, 0.15) is 18.0 Å². The topological polar surface area (TPSA) is 157 Å². The summed E-state index contributed by atoms with van der Waals surface area (Å²) in [5.41, 5.74) is 3.48. The minimum atomic E-state index is -1.06. The molecule has 0 fully saturated rings. The minimum absolute atomic E-state index is 0.176. The number of methoxy groups -OCH3 is 1. The Kier molecular flexibility index (Phi) is 7.66. The van der Waals surface area contributed by atoms with Crippen molar-refractivity contribution in [3.63, 3.8) is 0 Å². The van der Waals surface area contributed by atoms with Gasteiger partial charge in [0.05, 0.1) is 43.0 Å². The van der Waals surface area contributed by atoms with Crippen LogP contribution in [0.3, 0.4) is 0 Å². The van der Waals surface area contributed by atoms with E-state index in [-0.39, 0.29) is 25.3 Å². The summed E-state index contributed by atoms with van der Waals surface area (Å²) >= 11 is 6.24. The summed E-state index contributed by atoms with van der Waals surface area (Å²) in [6.45, 7) is 2.42. The molecule has 0 bridgehead atoms. The number of anilines is 1. The lowest BCUT2D eigenvalue weighted by molar-refractivity contribution is 0.186. The van der Waals surface area contributed by atoms with Gasteiger partial charge in [-0.05, 0) is 53.2 Å². The van der Waals surface area contributed by atoms with Gasteiger partial charge in [0.25, 0.3) is 5.56 Å². The maximum absolute atomic E-state index is 13.2. The summed E-state index contributed by atoms with van der Waals surface area (Å²) in [6, 6.07) is 13.7. The summed E-state index contributed by atoms with van der Waals surface area (Å²) in [5.74, 6) is 1.04. The zero-order valence-electron chi connectivity index (χ0n) is 21.5. The standard InChI is InChI=1S/C26H24ClN9O4/c1-16-30-21(20-11-18(27)5-8-23(20)36-15-29-32-33-36)12-25(37)35(16)14-24-28-13-22(31-24)17-3-6-19(7-4-17)34(26(38)39)9-10-40-2/h3-8,11-13,15H,9-10,14H2,1-2H3,(H,28,31)(H,38,39). The molecule has 0 aliphatic heterocycles. The van der Waals surface area contributed by atoms with Crippen LogP contribution in [0.4, 0.5) is 10.5 Å². The van der Waals surface area contributed by atoms with Crippen molar-refractivity contribution < 1.29 is 14.6 Å². The number of ether oxygens (including phenoxy) is 1. The monoisotopic (exact) mass is 561 g/mol. The molecule has 0 atom stereocenters. The Hall–Kier alpha value is -4.88. The van der Waals surface area contributed by atoms with Crippen LogP contribution in [-0.4, -0.2) is 71.2 Å². The SMILES string of the molecule is COCCN(C(=O)O)c1ccc(-c2cnc(Cn3c(C)nc(-c4cc(Cl)ccc4-n4cnnn4)cc3=O)[nH]2)cc1. The van der Waals surface area contributed by atoms with E-state index in [1.54, 1.807) is 55.6 Å². The number of rotatable bonds is 9. The van der Waals surface area contributed by atoms with Crippen LogP contribution in [0.5, 0.6) is 0 Å². The van der Waals surface area contributed by atoms with Gasteiger partial charge in [-0.1, -0.05) is 23.7 Å². The lowest BCUT2D eigenvalue weighted by Gasteiger charge is -2.19. The molecule has 0 aliphatic rings. The quantitative estimate of drug-likeness (QED) is 0.275. The predicted octanol–water partition coefficient (Wildman–Crippen LogP) is 3.42.